The zero-order valence-electron chi connectivity index (χ0n) is 16.4. The third-order valence-electron chi connectivity index (χ3n) is 4.55. The van der Waals surface area contributed by atoms with Crippen LogP contribution in [0.25, 0.3) is 0 Å². The van der Waals surface area contributed by atoms with E-state index >= 15 is 0 Å². The van der Waals surface area contributed by atoms with Gasteiger partial charge in [0.25, 0.3) is 5.78 Å². The summed E-state index contributed by atoms with van der Waals surface area (Å²) in [6.45, 7) is 5.27. The molecule has 0 N–H and O–H groups in total. The Hall–Kier alpha value is -3.20. The van der Waals surface area contributed by atoms with Gasteiger partial charge in [-0.15, -0.1) is 0 Å². The molecule has 0 aliphatic carbocycles. The Morgan fingerprint density at radius 1 is 0.607 bits per heavy atom. The molecule has 0 bridgehead atoms. The van der Waals surface area contributed by atoms with E-state index in [-0.39, 0.29) is 0 Å². The van der Waals surface area contributed by atoms with Crippen LogP contribution < -0.4 is 0 Å². The van der Waals surface area contributed by atoms with Crippen LogP contribution in [0.3, 0.4) is 0 Å². The van der Waals surface area contributed by atoms with Crippen LogP contribution in [0.1, 0.15) is 37.5 Å². The first-order valence-corrected chi connectivity index (χ1v) is 9.30. The Labute approximate surface area is 166 Å². The van der Waals surface area contributed by atoms with Gasteiger partial charge < -0.3 is 4.74 Å². The second-order valence-electron chi connectivity index (χ2n) is 7.68. The first-order chi connectivity index (χ1) is 13.4. The molecule has 0 aliphatic rings. The van der Waals surface area contributed by atoms with Crippen LogP contribution in [0.2, 0.25) is 0 Å². The summed E-state index contributed by atoms with van der Waals surface area (Å²) >= 11 is 0. The highest BCUT2D eigenvalue weighted by Gasteiger charge is 2.48. The Kier molecular flexibility index (Phi) is 5.46. The third-order valence-corrected chi connectivity index (χ3v) is 4.55. The summed E-state index contributed by atoms with van der Waals surface area (Å²) in [5.74, 6) is -1.45. The molecule has 3 aromatic carbocycles. The number of ketones is 1. The van der Waals surface area contributed by atoms with E-state index in [1.165, 1.54) is 0 Å². The lowest BCUT2D eigenvalue weighted by atomic mass is 9.66. The minimum Gasteiger partial charge on any atom is -0.454 e. The minimum atomic E-state index is -1.29. The van der Waals surface area contributed by atoms with Crippen molar-refractivity contribution in [2.75, 3.05) is 0 Å². The van der Waals surface area contributed by atoms with Gasteiger partial charge in [0.05, 0.1) is 0 Å². The average Bonchev–Trinajstić information content (AvgIpc) is 2.70. The predicted molar refractivity (Wildman–Crippen MR) is 110 cm³/mol. The number of Topliss-reactive ketones (excluding diaryl/α,β-unsaturated/α-hetero) is 1. The summed E-state index contributed by atoms with van der Waals surface area (Å²) in [5, 5.41) is 0. The molecule has 0 aliphatic heterocycles. The van der Waals surface area contributed by atoms with Crippen LogP contribution in [-0.4, -0.2) is 17.4 Å². The lowest BCUT2D eigenvalue weighted by Gasteiger charge is -2.34. The summed E-state index contributed by atoms with van der Waals surface area (Å²) in [4.78, 5) is 26.7. The summed E-state index contributed by atoms with van der Waals surface area (Å²) in [6, 6.07) is 28.2. The highest BCUT2D eigenvalue weighted by molar-refractivity contribution is 6.39. The van der Waals surface area contributed by atoms with Crippen LogP contribution in [0.5, 0.6) is 0 Å². The van der Waals surface area contributed by atoms with Crippen LogP contribution in [0.4, 0.5) is 0 Å². The number of hydrogen-bond donors (Lipinski definition) is 0. The molecule has 0 aromatic heterocycles. The average molecular weight is 372 g/mol. The van der Waals surface area contributed by atoms with Gasteiger partial charge in [-0.2, -0.15) is 0 Å². The van der Waals surface area contributed by atoms with Crippen molar-refractivity contribution < 1.29 is 14.3 Å². The zero-order valence-corrected chi connectivity index (χ0v) is 16.4. The molecule has 28 heavy (non-hydrogen) atoms. The van der Waals surface area contributed by atoms with E-state index in [0.717, 1.165) is 16.7 Å². The van der Waals surface area contributed by atoms with Crippen molar-refractivity contribution >= 4 is 11.8 Å². The van der Waals surface area contributed by atoms with Crippen molar-refractivity contribution in [1.29, 1.82) is 0 Å². The Bertz CT molecular complexity index is 843. The van der Waals surface area contributed by atoms with Gasteiger partial charge in [-0.25, -0.2) is 4.79 Å². The zero-order chi connectivity index (χ0) is 20.2. The largest absolute Gasteiger partial charge is 0.454 e. The predicted octanol–water partition coefficient (Wildman–Crippen LogP) is 4.93. The molecule has 0 atom stereocenters. The lowest BCUT2D eigenvalue weighted by molar-refractivity contribution is -0.163. The standard InChI is InChI=1S/C25H24O3/c1-24(2,3)28-23(27)22(26)25(19-13-7-4-8-14-19,20-15-9-5-10-16-20)21-17-11-6-12-18-21/h4-18H,1-3H3. The molecule has 0 saturated carbocycles. The fourth-order valence-electron chi connectivity index (χ4n) is 3.44. The molecule has 0 radical (unpaired) electrons. The molecule has 0 heterocycles. The molecule has 3 heteroatoms. The number of esters is 1. The van der Waals surface area contributed by atoms with Gasteiger partial charge in [-0.05, 0) is 37.5 Å². The first kappa shape index (κ1) is 19.6. The molecule has 0 saturated heterocycles. The molecule has 3 rings (SSSR count). The monoisotopic (exact) mass is 372 g/mol. The number of carbonyl (C=O) groups excluding carboxylic acids is 2. The summed E-state index contributed by atoms with van der Waals surface area (Å²) in [6.07, 6.45) is 0. The fourth-order valence-corrected chi connectivity index (χ4v) is 3.44. The van der Waals surface area contributed by atoms with E-state index in [0.29, 0.717) is 0 Å². The number of hydrogen-bond acceptors (Lipinski definition) is 3. The Morgan fingerprint density at radius 2 is 0.929 bits per heavy atom. The van der Waals surface area contributed by atoms with Crippen LogP contribution in [0, 0.1) is 0 Å². The van der Waals surface area contributed by atoms with Crippen LogP contribution in [-0.2, 0) is 19.7 Å². The summed E-state index contributed by atoms with van der Waals surface area (Å²) in [7, 11) is 0. The molecule has 142 valence electrons. The van der Waals surface area contributed by atoms with Crippen LogP contribution >= 0.6 is 0 Å². The van der Waals surface area contributed by atoms with E-state index in [1.54, 1.807) is 20.8 Å². The molecular formula is C25H24O3. The highest BCUT2D eigenvalue weighted by atomic mass is 16.6. The molecule has 3 nitrogen and oxygen atoms in total. The first-order valence-electron chi connectivity index (χ1n) is 9.30. The fraction of sp³-hybridized carbons (Fsp3) is 0.200. The topological polar surface area (TPSA) is 43.4 Å². The number of rotatable bonds is 5. The molecule has 0 fully saturated rings. The van der Waals surface area contributed by atoms with Gasteiger partial charge >= 0.3 is 5.97 Å². The van der Waals surface area contributed by atoms with Crippen molar-refractivity contribution in [2.24, 2.45) is 0 Å². The van der Waals surface area contributed by atoms with Gasteiger partial charge in [0.15, 0.2) is 0 Å². The van der Waals surface area contributed by atoms with Crippen molar-refractivity contribution in [1.82, 2.24) is 0 Å². The Morgan fingerprint density at radius 3 is 1.21 bits per heavy atom. The quantitative estimate of drug-likeness (QED) is 0.362. The van der Waals surface area contributed by atoms with E-state index in [9.17, 15) is 9.59 Å². The second kappa shape index (κ2) is 7.81. The maximum absolute atomic E-state index is 13.8. The van der Waals surface area contributed by atoms with Gasteiger partial charge in [-0.1, -0.05) is 91.0 Å². The van der Waals surface area contributed by atoms with Gasteiger partial charge in [0, 0.05) is 0 Å². The van der Waals surface area contributed by atoms with E-state index < -0.39 is 22.8 Å². The summed E-state index contributed by atoms with van der Waals surface area (Å²) in [5.41, 5.74) is 0.129. The minimum absolute atomic E-state index is 0.606. The molecular weight excluding hydrogens is 348 g/mol. The van der Waals surface area contributed by atoms with E-state index in [2.05, 4.69) is 0 Å². The third kappa shape index (κ3) is 3.74. The van der Waals surface area contributed by atoms with Gasteiger partial charge in [0.1, 0.15) is 11.0 Å². The Balaban J connectivity index is 2.32. The van der Waals surface area contributed by atoms with Gasteiger partial charge in [0.2, 0.25) is 0 Å². The van der Waals surface area contributed by atoms with Crippen LogP contribution in [0.15, 0.2) is 91.0 Å². The van der Waals surface area contributed by atoms with Crippen molar-refractivity contribution in [3.05, 3.63) is 108 Å². The summed E-state index contributed by atoms with van der Waals surface area (Å²) < 4.78 is 5.48. The van der Waals surface area contributed by atoms with Gasteiger partial charge in [-0.3, -0.25) is 4.79 Å². The number of carbonyl (C=O) groups is 2. The van der Waals surface area contributed by atoms with E-state index in [4.69, 9.17) is 4.74 Å². The van der Waals surface area contributed by atoms with E-state index in [1.807, 2.05) is 91.0 Å². The number of benzene rings is 3. The lowest BCUT2D eigenvalue weighted by Crippen LogP contribution is -2.45. The number of ether oxygens (including phenoxy) is 1. The maximum Gasteiger partial charge on any atom is 0.376 e. The molecule has 0 unspecified atom stereocenters. The molecule has 3 aromatic rings. The molecule has 0 amide bonds. The molecule has 0 spiro atoms. The SMILES string of the molecule is CC(C)(C)OC(=O)C(=O)C(c1ccccc1)(c1ccccc1)c1ccccc1. The van der Waals surface area contributed by atoms with Crippen molar-refractivity contribution in [3.63, 3.8) is 0 Å². The second-order valence-corrected chi connectivity index (χ2v) is 7.68. The smallest absolute Gasteiger partial charge is 0.376 e. The highest BCUT2D eigenvalue weighted by Crippen LogP contribution is 2.40. The van der Waals surface area contributed by atoms with Crippen molar-refractivity contribution in [2.45, 2.75) is 31.8 Å². The normalized spacial score (nSPS) is 11.7. The van der Waals surface area contributed by atoms with Crippen molar-refractivity contribution in [3.8, 4) is 0 Å². The maximum atomic E-state index is 13.8.